The predicted molar refractivity (Wildman–Crippen MR) is 78.0 cm³/mol. The molecule has 0 aromatic heterocycles. The molecule has 1 aliphatic rings. The third-order valence-electron chi connectivity index (χ3n) is 3.97. The summed E-state index contributed by atoms with van der Waals surface area (Å²) in [5.41, 5.74) is 0.185. The van der Waals surface area contributed by atoms with E-state index in [0.717, 1.165) is 25.5 Å². The van der Waals surface area contributed by atoms with Gasteiger partial charge in [-0.15, -0.1) is 0 Å². The first-order valence-electron chi connectivity index (χ1n) is 7.60. The Bertz CT molecular complexity index is 560. The van der Waals surface area contributed by atoms with E-state index in [1.165, 1.54) is 6.07 Å². The second-order valence-electron chi connectivity index (χ2n) is 5.97. The van der Waals surface area contributed by atoms with Crippen LogP contribution in [0.25, 0.3) is 0 Å². The molecule has 0 aliphatic carbocycles. The van der Waals surface area contributed by atoms with E-state index in [1.807, 2.05) is 0 Å². The van der Waals surface area contributed by atoms with Crippen molar-refractivity contribution in [1.82, 2.24) is 10.2 Å². The van der Waals surface area contributed by atoms with Gasteiger partial charge >= 0.3 is 0 Å². The van der Waals surface area contributed by atoms with Crippen LogP contribution >= 0.6 is 0 Å². The quantitative estimate of drug-likeness (QED) is 0.812. The van der Waals surface area contributed by atoms with E-state index >= 15 is 0 Å². The SMILES string of the molecule is CC(F)(F)CCN1CCC[C@@H]1C(=O)NCc1ccc(F)cc1F. The van der Waals surface area contributed by atoms with E-state index in [0.29, 0.717) is 13.0 Å². The van der Waals surface area contributed by atoms with Gasteiger partial charge in [-0.1, -0.05) is 6.07 Å². The smallest absolute Gasteiger partial charge is 0.246 e. The van der Waals surface area contributed by atoms with Crippen molar-refractivity contribution in [2.24, 2.45) is 0 Å². The van der Waals surface area contributed by atoms with Crippen LogP contribution < -0.4 is 5.32 Å². The second-order valence-corrected chi connectivity index (χ2v) is 5.97. The molecule has 1 amide bonds. The first-order chi connectivity index (χ1) is 10.8. The van der Waals surface area contributed by atoms with Crippen molar-refractivity contribution in [3.05, 3.63) is 35.4 Å². The number of carbonyl (C=O) groups excluding carboxylic acids is 1. The molecule has 1 aliphatic heterocycles. The van der Waals surface area contributed by atoms with Crippen molar-refractivity contribution >= 4 is 5.91 Å². The van der Waals surface area contributed by atoms with E-state index in [-0.39, 0.29) is 31.0 Å². The van der Waals surface area contributed by atoms with Gasteiger partial charge in [0.1, 0.15) is 11.6 Å². The van der Waals surface area contributed by atoms with Gasteiger partial charge in [0.05, 0.1) is 6.04 Å². The summed E-state index contributed by atoms with van der Waals surface area (Å²) in [6.07, 6.45) is 1.05. The van der Waals surface area contributed by atoms with Crippen LogP contribution in [-0.2, 0) is 11.3 Å². The van der Waals surface area contributed by atoms with E-state index in [2.05, 4.69) is 5.32 Å². The van der Waals surface area contributed by atoms with Gasteiger partial charge in [-0.3, -0.25) is 9.69 Å². The Morgan fingerprint density at radius 1 is 1.39 bits per heavy atom. The summed E-state index contributed by atoms with van der Waals surface area (Å²) in [5.74, 6) is -4.48. The van der Waals surface area contributed by atoms with E-state index in [1.54, 1.807) is 4.90 Å². The molecule has 23 heavy (non-hydrogen) atoms. The average Bonchev–Trinajstić information content (AvgIpc) is 2.91. The minimum absolute atomic E-state index is 0.0563. The Kier molecular flexibility index (Phi) is 5.62. The lowest BCUT2D eigenvalue weighted by Gasteiger charge is -2.25. The van der Waals surface area contributed by atoms with Gasteiger partial charge in [-0.2, -0.15) is 0 Å². The Morgan fingerprint density at radius 2 is 2.13 bits per heavy atom. The monoisotopic (exact) mass is 332 g/mol. The van der Waals surface area contributed by atoms with Gasteiger partial charge in [0.25, 0.3) is 0 Å². The van der Waals surface area contributed by atoms with Gasteiger partial charge < -0.3 is 5.32 Å². The van der Waals surface area contributed by atoms with Gasteiger partial charge in [0.15, 0.2) is 0 Å². The predicted octanol–water partition coefficient (Wildman–Crippen LogP) is 3.09. The molecule has 0 saturated carbocycles. The Labute approximate surface area is 132 Å². The minimum Gasteiger partial charge on any atom is -0.351 e. The van der Waals surface area contributed by atoms with Crippen molar-refractivity contribution < 1.29 is 22.4 Å². The second kappa shape index (κ2) is 7.29. The topological polar surface area (TPSA) is 32.3 Å². The van der Waals surface area contributed by atoms with Crippen LogP contribution in [0.5, 0.6) is 0 Å². The lowest BCUT2D eigenvalue weighted by molar-refractivity contribution is -0.126. The molecule has 128 valence electrons. The van der Waals surface area contributed by atoms with Crippen molar-refractivity contribution in [3.63, 3.8) is 0 Å². The zero-order valence-corrected chi connectivity index (χ0v) is 12.9. The van der Waals surface area contributed by atoms with Gasteiger partial charge in [-0.05, 0) is 32.4 Å². The maximum atomic E-state index is 13.5. The summed E-state index contributed by atoms with van der Waals surface area (Å²) in [5, 5.41) is 2.60. The lowest BCUT2D eigenvalue weighted by Crippen LogP contribution is -2.44. The molecule has 1 aromatic rings. The number of alkyl halides is 2. The van der Waals surface area contributed by atoms with Crippen molar-refractivity contribution in [2.45, 2.75) is 44.7 Å². The van der Waals surface area contributed by atoms with Gasteiger partial charge in [0.2, 0.25) is 11.8 Å². The zero-order valence-electron chi connectivity index (χ0n) is 12.9. The largest absolute Gasteiger partial charge is 0.351 e. The third kappa shape index (κ3) is 5.20. The Balaban J connectivity index is 1.89. The first-order valence-corrected chi connectivity index (χ1v) is 7.60. The molecule has 0 unspecified atom stereocenters. The van der Waals surface area contributed by atoms with E-state index in [4.69, 9.17) is 0 Å². The molecule has 1 fully saturated rings. The average molecular weight is 332 g/mol. The highest BCUT2D eigenvalue weighted by molar-refractivity contribution is 5.82. The molecule has 0 bridgehead atoms. The standard InChI is InChI=1S/C16H20F4N2O/c1-16(19,20)6-8-22-7-2-3-14(22)15(23)21-10-11-4-5-12(17)9-13(11)18/h4-5,9,14H,2-3,6-8,10H2,1H3,(H,21,23)/t14-/m1/s1. The number of hydrogen-bond acceptors (Lipinski definition) is 2. The number of carbonyl (C=O) groups is 1. The fourth-order valence-electron chi connectivity index (χ4n) is 2.70. The molecule has 2 rings (SSSR count). The number of likely N-dealkylation sites (tertiary alicyclic amines) is 1. The molecule has 1 N–H and O–H groups in total. The highest BCUT2D eigenvalue weighted by Crippen LogP contribution is 2.22. The van der Waals surface area contributed by atoms with Crippen molar-refractivity contribution in [1.29, 1.82) is 0 Å². The Hall–Kier alpha value is -1.63. The van der Waals surface area contributed by atoms with Crippen LogP contribution in [0.1, 0.15) is 31.7 Å². The highest BCUT2D eigenvalue weighted by Gasteiger charge is 2.32. The number of rotatable bonds is 6. The molecule has 1 atom stereocenters. The first kappa shape index (κ1) is 17.7. The molecule has 0 spiro atoms. The van der Waals surface area contributed by atoms with Crippen LogP contribution in [-0.4, -0.2) is 35.9 Å². The maximum Gasteiger partial charge on any atom is 0.246 e. The molecule has 1 aromatic carbocycles. The van der Waals surface area contributed by atoms with Crippen LogP contribution in [0, 0.1) is 11.6 Å². The fraction of sp³-hybridized carbons (Fsp3) is 0.562. The van der Waals surface area contributed by atoms with Crippen molar-refractivity contribution in [3.8, 4) is 0 Å². The lowest BCUT2D eigenvalue weighted by atomic mass is 10.1. The Morgan fingerprint density at radius 3 is 2.78 bits per heavy atom. The normalized spacial score (nSPS) is 19.1. The van der Waals surface area contributed by atoms with E-state index < -0.39 is 23.6 Å². The van der Waals surface area contributed by atoms with Gasteiger partial charge in [-0.25, -0.2) is 17.6 Å². The van der Waals surface area contributed by atoms with Crippen molar-refractivity contribution in [2.75, 3.05) is 13.1 Å². The zero-order chi connectivity index (χ0) is 17.0. The van der Waals surface area contributed by atoms with Crippen LogP contribution in [0.3, 0.4) is 0 Å². The molecule has 1 heterocycles. The molecule has 0 radical (unpaired) electrons. The number of nitrogens with one attached hydrogen (secondary N) is 1. The van der Waals surface area contributed by atoms with Crippen LogP contribution in [0.15, 0.2) is 18.2 Å². The highest BCUT2D eigenvalue weighted by atomic mass is 19.3. The molecule has 1 saturated heterocycles. The van der Waals surface area contributed by atoms with E-state index in [9.17, 15) is 22.4 Å². The third-order valence-corrected chi connectivity index (χ3v) is 3.97. The number of amides is 1. The maximum absolute atomic E-state index is 13.5. The summed E-state index contributed by atoms with van der Waals surface area (Å²) in [7, 11) is 0. The fourth-order valence-corrected chi connectivity index (χ4v) is 2.70. The molecular formula is C16H20F4N2O. The number of hydrogen-bond donors (Lipinski definition) is 1. The number of halogens is 4. The summed E-state index contributed by atoms with van der Waals surface area (Å²) < 4.78 is 52.3. The number of benzene rings is 1. The molecule has 3 nitrogen and oxygen atoms in total. The van der Waals surface area contributed by atoms with Crippen LogP contribution in [0.4, 0.5) is 17.6 Å². The van der Waals surface area contributed by atoms with Gasteiger partial charge in [0, 0.05) is 31.1 Å². The summed E-state index contributed by atoms with van der Waals surface area (Å²) >= 11 is 0. The number of nitrogens with zero attached hydrogens (tertiary/aromatic N) is 1. The minimum atomic E-state index is -2.76. The summed E-state index contributed by atoms with van der Waals surface area (Å²) in [6.45, 7) is 1.54. The molecular weight excluding hydrogens is 312 g/mol. The summed E-state index contributed by atoms with van der Waals surface area (Å²) in [6, 6.07) is 2.68. The molecule has 7 heteroatoms. The van der Waals surface area contributed by atoms with Crippen LogP contribution in [0.2, 0.25) is 0 Å². The summed E-state index contributed by atoms with van der Waals surface area (Å²) in [4.78, 5) is 13.9.